The third kappa shape index (κ3) is 3.96. The maximum atomic E-state index is 9.56. The smallest absolute Gasteiger partial charge is 0.141 e. The number of hydrogen-bond acceptors (Lipinski definition) is 3. The van der Waals surface area contributed by atoms with Crippen LogP contribution in [0.3, 0.4) is 0 Å². The highest BCUT2D eigenvalue weighted by atomic mass is 16.3. The molecule has 2 N–H and O–H groups in total. The summed E-state index contributed by atoms with van der Waals surface area (Å²) in [4.78, 5) is 4.23. The zero-order valence-electron chi connectivity index (χ0n) is 13.9. The van der Waals surface area contributed by atoms with E-state index in [2.05, 4.69) is 4.98 Å². The molecular formula is C22H19NO2. The summed E-state index contributed by atoms with van der Waals surface area (Å²) in [6.07, 6.45) is 0. The molecule has 0 aliphatic heterocycles. The van der Waals surface area contributed by atoms with E-state index in [-0.39, 0.29) is 5.75 Å². The SMILES string of the molecule is Cc1ccc2cccc(O)c2n1.Oc1ccccc1-c1ccccc1. The van der Waals surface area contributed by atoms with E-state index in [1.165, 1.54) is 0 Å². The third-order valence-corrected chi connectivity index (χ3v) is 3.83. The molecule has 0 spiro atoms. The van der Waals surface area contributed by atoms with Gasteiger partial charge >= 0.3 is 0 Å². The normalized spacial score (nSPS) is 10.1. The maximum Gasteiger partial charge on any atom is 0.141 e. The molecule has 0 radical (unpaired) electrons. The van der Waals surface area contributed by atoms with Gasteiger partial charge in [-0.3, -0.25) is 0 Å². The first-order valence-electron chi connectivity index (χ1n) is 8.04. The van der Waals surface area contributed by atoms with Gasteiger partial charge in [0.25, 0.3) is 0 Å². The van der Waals surface area contributed by atoms with Crippen LogP contribution in [-0.2, 0) is 0 Å². The Morgan fingerprint density at radius 2 is 1.32 bits per heavy atom. The summed E-state index contributed by atoms with van der Waals surface area (Å²) in [6, 6.07) is 26.5. The van der Waals surface area contributed by atoms with Crippen LogP contribution in [0.15, 0.2) is 84.9 Å². The van der Waals surface area contributed by atoms with Crippen LogP contribution in [0.5, 0.6) is 11.5 Å². The van der Waals surface area contributed by atoms with Crippen LogP contribution < -0.4 is 0 Å². The standard InChI is InChI=1S/C12H10O.C10H9NO/c13-12-9-5-4-8-11(12)10-6-2-1-3-7-10;1-7-5-6-8-3-2-4-9(12)10(8)11-7/h1-9,13H;2-6,12H,1H3. The molecule has 0 aliphatic rings. The second kappa shape index (κ2) is 7.49. The summed E-state index contributed by atoms with van der Waals surface area (Å²) in [6.45, 7) is 1.91. The van der Waals surface area contributed by atoms with E-state index in [9.17, 15) is 10.2 Å². The first kappa shape index (κ1) is 16.5. The van der Waals surface area contributed by atoms with Crippen molar-refractivity contribution in [3.8, 4) is 22.6 Å². The Morgan fingerprint density at radius 3 is 2.08 bits per heavy atom. The summed E-state index contributed by atoms with van der Waals surface area (Å²) in [5.74, 6) is 0.574. The highest BCUT2D eigenvalue weighted by molar-refractivity contribution is 5.84. The van der Waals surface area contributed by atoms with Gasteiger partial charge in [-0.25, -0.2) is 4.98 Å². The molecule has 0 aliphatic carbocycles. The van der Waals surface area contributed by atoms with Gasteiger partial charge in [0.05, 0.1) is 0 Å². The van der Waals surface area contributed by atoms with Gasteiger partial charge in [-0.1, -0.05) is 66.7 Å². The number of para-hydroxylation sites is 2. The van der Waals surface area contributed by atoms with Crippen molar-refractivity contribution in [1.29, 1.82) is 0 Å². The Balaban J connectivity index is 0.000000146. The molecule has 0 unspecified atom stereocenters. The third-order valence-electron chi connectivity index (χ3n) is 3.83. The molecule has 1 aromatic heterocycles. The molecule has 25 heavy (non-hydrogen) atoms. The quantitative estimate of drug-likeness (QED) is 0.498. The molecule has 0 bridgehead atoms. The fraction of sp³-hybridized carbons (Fsp3) is 0.0455. The molecule has 3 aromatic carbocycles. The number of nitrogens with zero attached hydrogens (tertiary/aromatic N) is 1. The van der Waals surface area contributed by atoms with E-state index in [1.54, 1.807) is 12.1 Å². The fourth-order valence-electron chi connectivity index (χ4n) is 2.56. The van der Waals surface area contributed by atoms with Gasteiger partial charge in [0, 0.05) is 16.6 Å². The molecule has 4 rings (SSSR count). The Hall–Kier alpha value is -3.33. The number of hydrogen-bond donors (Lipinski definition) is 2. The van der Waals surface area contributed by atoms with Gasteiger partial charge in [-0.2, -0.15) is 0 Å². The summed E-state index contributed by atoms with van der Waals surface area (Å²) in [7, 11) is 0. The van der Waals surface area contributed by atoms with E-state index >= 15 is 0 Å². The fourth-order valence-corrected chi connectivity index (χ4v) is 2.56. The average Bonchev–Trinajstić information content (AvgIpc) is 2.64. The van der Waals surface area contributed by atoms with Gasteiger partial charge in [0.1, 0.15) is 17.0 Å². The molecule has 3 heteroatoms. The summed E-state index contributed by atoms with van der Waals surface area (Å²) in [5, 5.41) is 20.0. The monoisotopic (exact) mass is 329 g/mol. The van der Waals surface area contributed by atoms with Crippen molar-refractivity contribution in [3.05, 3.63) is 90.6 Å². The van der Waals surface area contributed by atoms with E-state index in [0.29, 0.717) is 11.3 Å². The van der Waals surface area contributed by atoms with E-state index in [0.717, 1.165) is 22.2 Å². The zero-order valence-corrected chi connectivity index (χ0v) is 13.9. The number of phenolic OH excluding ortho intramolecular Hbond substituents is 2. The lowest BCUT2D eigenvalue weighted by atomic mass is 10.1. The van der Waals surface area contributed by atoms with Gasteiger partial charge in [0.2, 0.25) is 0 Å². The van der Waals surface area contributed by atoms with Crippen LogP contribution in [0.2, 0.25) is 0 Å². The average molecular weight is 329 g/mol. The molecule has 4 aromatic rings. The molecule has 0 atom stereocenters. The lowest BCUT2D eigenvalue weighted by Gasteiger charge is -2.02. The van der Waals surface area contributed by atoms with Crippen molar-refractivity contribution in [2.75, 3.05) is 0 Å². The molecule has 1 heterocycles. The molecular weight excluding hydrogens is 310 g/mol. The lowest BCUT2D eigenvalue weighted by Crippen LogP contribution is -1.82. The lowest BCUT2D eigenvalue weighted by molar-refractivity contribution is 0.477. The number of phenols is 2. The molecule has 124 valence electrons. The van der Waals surface area contributed by atoms with Crippen LogP contribution in [0.25, 0.3) is 22.0 Å². The van der Waals surface area contributed by atoms with Gasteiger partial charge < -0.3 is 10.2 Å². The second-order valence-electron chi connectivity index (χ2n) is 5.68. The predicted molar refractivity (Wildman–Crippen MR) is 102 cm³/mol. The highest BCUT2D eigenvalue weighted by Crippen LogP contribution is 2.27. The minimum Gasteiger partial charge on any atom is -0.507 e. The number of pyridine rings is 1. The summed E-state index contributed by atoms with van der Waals surface area (Å²) < 4.78 is 0. The number of fused-ring (bicyclic) bond motifs is 1. The van der Waals surface area contributed by atoms with Crippen LogP contribution in [0.1, 0.15) is 5.69 Å². The van der Waals surface area contributed by atoms with Crippen molar-refractivity contribution in [2.24, 2.45) is 0 Å². The first-order chi connectivity index (χ1) is 12.1. The number of aromatic hydroxyl groups is 2. The first-order valence-corrected chi connectivity index (χ1v) is 8.04. The van der Waals surface area contributed by atoms with Crippen molar-refractivity contribution in [1.82, 2.24) is 4.98 Å². The Bertz CT molecular complexity index is 981. The number of aryl methyl sites for hydroxylation is 1. The molecule has 0 amide bonds. The Morgan fingerprint density at radius 1 is 0.640 bits per heavy atom. The summed E-state index contributed by atoms with van der Waals surface area (Å²) >= 11 is 0. The highest BCUT2D eigenvalue weighted by Gasteiger charge is 2.00. The number of benzene rings is 3. The predicted octanol–water partition coefficient (Wildman–Crippen LogP) is 5.31. The van der Waals surface area contributed by atoms with Crippen molar-refractivity contribution < 1.29 is 10.2 Å². The van der Waals surface area contributed by atoms with E-state index in [1.807, 2.05) is 79.7 Å². The molecule has 0 saturated carbocycles. The molecule has 0 fully saturated rings. The Labute approximate surface area is 146 Å². The number of aromatic nitrogens is 1. The van der Waals surface area contributed by atoms with Crippen molar-refractivity contribution >= 4 is 10.9 Å². The maximum absolute atomic E-state index is 9.56. The Kier molecular flexibility index (Phi) is 4.95. The van der Waals surface area contributed by atoms with Crippen molar-refractivity contribution in [2.45, 2.75) is 6.92 Å². The minimum atomic E-state index is 0.246. The van der Waals surface area contributed by atoms with Gasteiger partial charge in [-0.05, 0) is 30.7 Å². The van der Waals surface area contributed by atoms with Gasteiger partial charge in [0.15, 0.2) is 0 Å². The zero-order chi connectivity index (χ0) is 17.6. The van der Waals surface area contributed by atoms with Crippen LogP contribution in [0.4, 0.5) is 0 Å². The van der Waals surface area contributed by atoms with E-state index in [4.69, 9.17) is 0 Å². The summed E-state index contributed by atoms with van der Waals surface area (Å²) in [5.41, 5.74) is 3.52. The number of rotatable bonds is 1. The molecule has 0 saturated heterocycles. The minimum absolute atomic E-state index is 0.246. The van der Waals surface area contributed by atoms with Crippen LogP contribution in [-0.4, -0.2) is 15.2 Å². The topological polar surface area (TPSA) is 53.4 Å². The largest absolute Gasteiger partial charge is 0.507 e. The van der Waals surface area contributed by atoms with Crippen molar-refractivity contribution in [3.63, 3.8) is 0 Å². The van der Waals surface area contributed by atoms with E-state index < -0.39 is 0 Å². The van der Waals surface area contributed by atoms with Gasteiger partial charge in [-0.15, -0.1) is 0 Å². The molecule has 3 nitrogen and oxygen atoms in total. The van der Waals surface area contributed by atoms with Crippen LogP contribution >= 0.6 is 0 Å². The van der Waals surface area contributed by atoms with Crippen LogP contribution in [0, 0.1) is 6.92 Å². The second-order valence-corrected chi connectivity index (χ2v) is 5.68.